The summed E-state index contributed by atoms with van der Waals surface area (Å²) >= 11 is 0. The van der Waals surface area contributed by atoms with Crippen molar-refractivity contribution in [1.29, 1.82) is 0 Å². The van der Waals surface area contributed by atoms with Gasteiger partial charge in [0.2, 0.25) is 5.91 Å². The fourth-order valence-electron chi connectivity index (χ4n) is 1.57. The zero-order chi connectivity index (χ0) is 14.4. The van der Waals surface area contributed by atoms with Crippen LogP contribution in [-0.4, -0.2) is 25.0 Å². The lowest BCUT2D eigenvalue weighted by molar-refractivity contribution is -0.141. The molecule has 0 heterocycles. The molecule has 0 aliphatic heterocycles. The van der Waals surface area contributed by atoms with Gasteiger partial charge < -0.3 is 15.4 Å². The van der Waals surface area contributed by atoms with Crippen molar-refractivity contribution in [3.63, 3.8) is 0 Å². The van der Waals surface area contributed by atoms with Gasteiger partial charge >= 0.3 is 5.97 Å². The zero-order valence-electron chi connectivity index (χ0n) is 11.1. The summed E-state index contributed by atoms with van der Waals surface area (Å²) in [4.78, 5) is 22.4. The highest BCUT2D eigenvalue weighted by molar-refractivity contribution is 5.89. The Balaban J connectivity index is 2.89. The molecular weight excluding hydrogens is 251 g/mol. The molecule has 0 aliphatic rings. The Morgan fingerprint density at radius 1 is 1.42 bits per heavy atom. The van der Waals surface area contributed by atoms with E-state index in [4.69, 9.17) is 0 Å². The minimum absolute atomic E-state index is 0.0669. The van der Waals surface area contributed by atoms with Crippen LogP contribution in [0.15, 0.2) is 18.2 Å². The molecule has 1 unspecified atom stereocenters. The van der Waals surface area contributed by atoms with Crippen LogP contribution in [0.1, 0.15) is 20.3 Å². The quantitative estimate of drug-likeness (QED) is 0.803. The second-order valence-electron chi connectivity index (χ2n) is 4.00. The fraction of sp³-hybridized carbons (Fsp3) is 0.385. The number of carbonyl (C=O) groups excluding carboxylic acids is 2. The lowest BCUT2D eigenvalue weighted by atomic mass is 10.2. The third-order valence-corrected chi connectivity index (χ3v) is 2.51. The predicted molar refractivity (Wildman–Crippen MR) is 70.4 cm³/mol. The third kappa shape index (κ3) is 4.24. The van der Waals surface area contributed by atoms with E-state index in [1.54, 1.807) is 0 Å². The molecule has 0 bridgehead atoms. The summed E-state index contributed by atoms with van der Waals surface area (Å²) in [5.41, 5.74) is 0.597. The van der Waals surface area contributed by atoms with Crippen molar-refractivity contribution in [2.24, 2.45) is 0 Å². The number of amides is 1. The van der Waals surface area contributed by atoms with E-state index in [0.29, 0.717) is 12.1 Å². The minimum atomic E-state index is -0.535. The summed E-state index contributed by atoms with van der Waals surface area (Å²) in [6, 6.07) is 3.63. The van der Waals surface area contributed by atoms with Crippen molar-refractivity contribution in [2.75, 3.05) is 17.7 Å². The smallest absolute Gasteiger partial charge is 0.328 e. The van der Waals surface area contributed by atoms with Gasteiger partial charge in [0.05, 0.1) is 12.8 Å². The molecule has 1 aromatic rings. The first-order valence-corrected chi connectivity index (χ1v) is 5.89. The number of benzene rings is 1. The lowest BCUT2D eigenvalue weighted by Gasteiger charge is -2.16. The Hall–Kier alpha value is -2.11. The number of ether oxygens (including phenoxy) is 1. The number of carbonyl (C=O) groups is 2. The van der Waals surface area contributed by atoms with Gasteiger partial charge in [-0.15, -0.1) is 0 Å². The fourth-order valence-corrected chi connectivity index (χ4v) is 1.57. The van der Waals surface area contributed by atoms with Crippen LogP contribution in [0.2, 0.25) is 0 Å². The Bertz CT molecular complexity index is 477. The maximum Gasteiger partial charge on any atom is 0.328 e. The summed E-state index contributed by atoms with van der Waals surface area (Å²) in [5.74, 6) is -1.30. The van der Waals surface area contributed by atoms with E-state index in [-0.39, 0.29) is 11.6 Å². The number of rotatable bonds is 5. The molecule has 1 aromatic carbocycles. The number of methoxy groups -OCH3 is 1. The van der Waals surface area contributed by atoms with Crippen LogP contribution < -0.4 is 10.6 Å². The van der Waals surface area contributed by atoms with E-state index in [2.05, 4.69) is 15.4 Å². The van der Waals surface area contributed by atoms with Gasteiger partial charge in [-0.3, -0.25) is 4.79 Å². The van der Waals surface area contributed by atoms with Gasteiger partial charge in [-0.2, -0.15) is 0 Å². The second kappa shape index (κ2) is 6.72. The summed E-state index contributed by atoms with van der Waals surface area (Å²) in [7, 11) is 1.31. The van der Waals surface area contributed by atoms with Gasteiger partial charge in [0, 0.05) is 12.6 Å². The van der Waals surface area contributed by atoms with Gasteiger partial charge in [0.15, 0.2) is 0 Å². The topological polar surface area (TPSA) is 67.4 Å². The van der Waals surface area contributed by atoms with Crippen molar-refractivity contribution in [3.05, 3.63) is 24.0 Å². The highest BCUT2D eigenvalue weighted by atomic mass is 19.1. The molecule has 0 fully saturated rings. The molecule has 2 N–H and O–H groups in total. The van der Waals surface area contributed by atoms with Crippen molar-refractivity contribution < 1.29 is 18.7 Å². The van der Waals surface area contributed by atoms with E-state index < -0.39 is 17.8 Å². The number of esters is 1. The average molecular weight is 268 g/mol. The maximum absolute atomic E-state index is 13.4. The monoisotopic (exact) mass is 268 g/mol. The van der Waals surface area contributed by atoms with Crippen molar-refractivity contribution in [2.45, 2.75) is 26.3 Å². The first kappa shape index (κ1) is 14.9. The number of anilines is 2. The number of nitrogens with one attached hydrogen (secondary N) is 2. The first-order valence-electron chi connectivity index (χ1n) is 5.89. The molecule has 1 amide bonds. The minimum Gasteiger partial charge on any atom is -0.467 e. The number of hydrogen-bond acceptors (Lipinski definition) is 4. The van der Waals surface area contributed by atoms with E-state index in [1.165, 1.54) is 32.2 Å². The van der Waals surface area contributed by atoms with Crippen molar-refractivity contribution in [1.82, 2.24) is 0 Å². The largest absolute Gasteiger partial charge is 0.467 e. The summed E-state index contributed by atoms with van der Waals surface area (Å²) in [6.45, 7) is 3.12. The van der Waals surface area contributed by atoms with Gasteiger partial charge in [0.25, 0.3) is 0 Å². The summed E-state index contributed by atoms with van der Waals surface area (Å²) < 4.78 is 18.1. The molecule has 1 rings (SSSR count). The molecule has 104 valence electrons. The Morgan fingerprint density at radius 3 is 2.63 bits per heavy atom. The van der Waals surface area contributed by atoms with Crippen LogP contribution in [0.4, 0.5) is 15.8 Å². The van der Waals surface area contributed by atoms with Crippen molar-refractivity contribution in [3.8, 4) is 0 Å². The Labute approximate surface area is 111 Å². The van der Waals surface area contributed by atoms with Crippen LogP contribution in [0.5, 0.6) is 0 Å². The van der Waals surface area contributed by atoms with Gasteiger partial charge in [-0.25, -0.2) is 9.18 Å². The standard InChI is InChI=1S/C13H17FN2O3/c1-4-11(13(18)19-3)16-9-5-6-10(14)12(7-9)15-8(2)17/h5-7,11,16H,4H2,1-3H3,(H,15,17). The second-order valence-corrected chi connectivity index (χ2v) is 4.00. The molecular formula is C13H17FN2O3. The highest BCUT2D eigenvalue weighted by Gasteiger charge is 2.17. The molecule has 1 atom stereocenters. The van der Waals surface area contributed by atoms with Gasteiger partial charge in [0.1, 0.15) is 11.9 Å². The number of halogens is 1. The summed E-state index contributed by atoms with van der Waals surface area (Å²) in [5, 5.41) is 5.31. The van der Waals surface area contributed by atoms with Crippen LogP contribution in [0.3, 0.4) is 0 Å². The van der Waals surface area contributed by atoms with Gasteiger partial charge in [-0.05, 0) is 24.6 Å². The zero-order valence-corrected chi connectivity index (χ0v) is 11.1. The normalized spacial score (nSPS) is 11.6. The Kier molecular flexibility index (Phi) is 5.29. The van der Waals surface area contributed by atoms with Crippen LogP contribution >= 0.6 is 0 Å². The number of hydrogen-bond donors (Lipinski definition) is 2. The molecule has 5 nitrogen and oxygen atoms in total. The Morgan fingerprint density at radius 2 is 2.11 bits per heavy atom. The first-order chi connectivity index (χ1) is 8.97. The SMILES string of the molecule is CCC(Nc1ccc(F)c(NC(C)=O)c1)C(=O)OC. The average Bonchev–Trinajstić information content (AvgIpc) is 2.38. The molecule has 0 aromatic heterocycles. The maximum atomic E-state index is 13.4. The third-order valence-electron chi connectivity index (χ3n) is 2.51. The van der Waals surface area contributed by atoms with Crippen molar-refractivity contribution >= 4 is 23.3 Å². The molecule has 6 heteroatoms. The highest BCUT2D eigenvalue weighted by Crippen LogP contribution is 2.20. The summed E-state index contributed by atoms with van der Waals surface area (Å²) in [6.07, 6.45) is 0.527. The van der Waals surface area contributed by atoms with E-state index in [1.807, 2.05) is 6.92 Å². The lowest BCUT2D eigenvalue weighted by Crippen LogP contribution is -2.29. The van der Waals surface area contributed by atoms with Gasteiger partial charge in [-0.1, -0.05) is 6.92 Å². The molecule has 19 heavy (non-hydrogen) atoms. The molecule has 0 spiro atoms. The molecule has 0 saturated heterocycles. The van der Waals surface area contributed by atoms with Crippen LogP contribution in [-0.2, 0) is 14.3 Å². The molecule has 0 radical (unpaired) electrons. The molecule has 0 saturated carbocycles. The van der Waals surface area contributed by atoms with Crippen LogP contribution in [0, 0.1) is 5.82 Å². The van der Waals surface area contributed by atoms with Crippen LogP contribution in [0.25, 0.3) is 0 Å². The predicted octanol–water partition coefficient (Wildman–Crippen LogP) is 2.15. The molecule has 0 aliphatic carbocycles. The van der Waals surface area contributed by atoms with E-state index in [0.717, 1.165) is 0 Å². The van der Waals surface area contributed by atoms with E-state index in [9.17, 15) is 14.0 Å². The van der Waals surface area contributed by atoms with E-state index >= 15 is 0 Å².